The van der Waals surface area contributed by atoms with Crippen molar-refractivity contribution < 1.29 is 13.9 Å². The van der Waals surface area contributed by atoms with E-state index in [2.05, 4.69) is 0 Å². The van der Waals surface area contributed by atoms with Crippen LogP contribution in [-0.2, 0) is 0 Å². The third-order valence-electron chi connectivity index (χ3n) is 3.67. The van der Waals surface area contributed by atoms with Crippen LogP contribution in [0.25, 0.3) is 0 Å². The van der Waals surface area contributed by atoms with E-state index in [0.29, 0.717) is 12.0 Å². The highest BCUT2D eigenvalue weighted by molar-refractivity contribution is 6.11. The lowest BCUT2D eigenvalue weighted by Crippen LogP contribution is -2.15. The van der Waals surface area contributed by atoms with Gasteiger partial charge in [-0.05, 0) is 24.6 Å². The summed E-state index contributed by atoms with van der Waals surface area (Å²) in [6, 6.07) is 10.6. The third-order valence-corrected chi connectivity index (χ3v) is 3.67. The fourth-order valence-electron chi connectivity index (χ4n) is 2.34. The van der Waals surface area contributed by atoms with E-state index in [1.165, 1.54) is 31.4 Å². The highest BCUT2D eigenvalue weighted by Gasteiger charge is 2.24. The van der Waals surface area contributed by atoms with Gasteiger partial charge in [0, 0.05) is 17.2 Å². The summed E-state index contributed by atoms with van der Waals surface area (Å²) in [6.07, 6.45) is 0.542. The number of hydrogen-bond donors (Lipinski definition) is 1. The Kier molecular flexibility index (Phi) is 5.09. The van der Waals surface area contributed by atoms with E-state index in [1.54, 1.807) is 12.1 Å². The monoisotopic (exact) mass is 312 g/mol. The van der Waals surface area contributed by atoms with Crippen LogP contribution in [0, 0.1) is 17.1 Å². The normalized spacial score (nSPS) is 11.6. The van der Waals surface area contributed by atoms with Gasteiger partial charge in [-0.2, -0.15) is 5.26 Å². The van der Waals surface area contributed by atoms with Crippen molar-refractivity contribution in [3.8, 4) is 11.8 Å². The number of nitriles is 1. The number of nitrogens with zero attached hydrogens (tertiary/aromatic N) is 1. The fraction of sp³-hybridized carbons (Fsp3) is 0.222. The summed E-state index contributed by atoms with van der Waals surface area (Å²) in [6.45, 7) is 1.84. The number of ether oxygens (including phenoxy) is 1. The minimum absolute atomic E-state index is 0.141. The van der Waals surface area contributed by atoms with Crippen LogP contribution in [0.5, 0.6) is 5.75 Å². The van der Waals surface area contributed by atoms with Crippen molar-refractivity contribution in [3.05, 3.63) is 64.5 Å². The Balaban J connectivity index is 2.60. The number of ketones is 1. The zero-order chi connectivity index (χ0) is 17.0. The van der Waals surface area contributed by atoms with Crippen LogP contribution in [0.15, 0.2) is 36.4 Å². The number of methoxy groups -OCH3 is 1. The summed E-state index contributed by atoms with van der Waals surface area (Å²) in [5, 5.41) is 8.94. The molecular formula is C18H17FN2O2. The minimum atomic E-state index is -0.675. The molecule has 0 aliphatic carbocycles. The summed E-state index contributed by atoms with van der Waals surface area (Å²) >= 11 is 0. The second kappa shape index (κ2) is 7.03. The van der Waals surface area contributed by atoms with Crippen molar-refractivity contribution in [1.29, 1.82) is 5.26 Å². The highest BCUT2D eigenvalue weighted by Crippen LogP contribution is 2.30. The number of benzene rings is 2. The van der Waals surface area contributed by atoms with Gasteiger partial charge in [-0.15, -0.1) is 0 Å². The van der Waals surface area contributed by atoms with Gasteiger partial charge in [0.2, 0.25) is 0 Å². The lowest BCUT2D eigenvalue weighted by Gasteiger charge is -2.15. The molecule has 118 valence electrons. The Bertz CT molecular complexity index is 781. The molecule has 0 aromatic heterocycles. The van der Waals surface area contributed by atoms with Crippen LogP contribution in [0.3, 0.4) is 0 Å². The first-order valence-electron chi connectivity index (χ1n) is 7.20. The van der Waals surface area contributed by atoms with E-state index in [0.717, 1.165) is 0 Å². The maximum atomic E-state index is 14.8. The summed E-state index contributed by atoms with van der Waals surface area (Å²) in [4.78, 5) is 12.7. The van der Waals surface area contributed by atoms with Gasteiger partial charge in [0.05, 0.1) is 18.7 Å². The van der Waals surface area contributed by atoms with E-state index < -0.39 is 17.6 Å². The Morgan fingerprint density at radius 3 is 2.74 bits per heavy atom. The zero-order valence-corrected chi connectivity index (χ0v) is 13.0. The molecule has 0 aliphatic rings. The number of carbonyl (C=O) groups is 1. The molecule has 2 N–H and O–H groups in total. The third kappa shape index (κ3) is 3.22. The van der Waals surface area contributed by atoms with Gasteiger partial charge in [0.25, 0.3) is 0 Å². The van der Waals surface area contributed by atoms with Gasteiger partial charge < -0.3 is 10.5 Å². The molecule has 1 atom stereocenters. The predicted molar refractivity (Wildman–Crippen MR) is 84.8 cm³/mol. The highest BCUT2D eigenvalue weighted by atomic mass is 19.1. The second-order valence-corrected chi connectivity index (χ2v) is 5.08. The SMILES string of the molecule is CC[C@@H](N)c1ccc(OC)c(C(=O)c2cccc(C#N)c2)c1F. The second-order valence-electron chi connectivity index (χ2n) is 5.08. The Labute approximate surface area is 134 Å². The molecule has 2 aromatic carbocycles. The molecule has 0 aliphatic heterocycles. The number of nitrogens with two attached hydrogens (primary N) is 1. The lowest BCUT2D eigenvalue weighted by molar-refractivity contribution is 0.103. The standard InChI is InChI=1S/C18H17FN2O2/c1-3-14(21)13-7-8-15(23-2)16(17(13)19)18(22)12-6-4-5-11(9-12)10-20/h4-9,14H,3,21H2,1-2H3/t14-/m1/s1. The number of carbonyl (C=O) groups excluding carboxylic acids is 1. The van der Waals surface area contributed by atoms with Crippen LogP contribution in [-0.4, -0.2) is 12.9 Å². The molecule has 2 rings (SSSR count). The van der Waals surface area contributed by atoms with Crippen molar-refractivity contribution in [1.82, 2.24) is 0 Å². The van der Waals surface area contributed by atoms with Gasteiger partial charge in [0.15, 0.2) is 5.78 Å². The lowest BCUT2D eigenvalue weighted by atomic mass is 9.95. The zero-order valence-electron chi connectivity index (χ0n) is 13.0. The average Bonchev–Trinajstić information content (AvgIpc) is 2.60. The van der Waals surface area contributed by atoms with Crippen LogP contribution in [0.4, 0.5) is 4.39 Å². The molecule has 0 heterocycles. The Morgan fingerprint density at radius 1 is 1.39 bits per heavy atom. The summed E-state index contributed by atoms with van der Waals surface area (Å²) in [5.74, 6) is -1.07. The first-order valence-corrected chi connectivity index (χ1v) is 7.20. The molecular weight excluding hydrogens is 295 g/mol. The van der Waals surface area contributed by atoms with Crippen molar-refractivity contribution >= 4 is 5.78 Å². The molecule has 0 saturated carbocycles. The van der Waals surface area contributed by atoms with Crippen LogP contribution >= 0.6 is 0 Å². The first-order chi connectivity index (χ1) is 11.0. The van der Waals surface area contributed by atoms with Crippen LogP contribution < -0.4 is 10.5 Å². The number of rotatable bonds is 5. The Morgan fingerprint density at radius 2 is 2.13 bits per heavy atom. The smallest absolute Gasteiger partial charge is 0.199 e. The van der Waals surface area contributed by atoms with Gasteiger partial charge in [-0.3, -0.25) is 4.79 Å². The largest absolute Gasteiger partial charge is 0.496 e. The van der Waals surface area contributed by atoms with E-state index in [4.69, 9.17) is 15.7 Å². The topological polar surface area (TPSA) is 76.1 Å². The summed E-state index contributed by atoms with van der Waals surface area (Å²) in [7, 11) is 1.37. The quantitative estimate of drug-likeness (QED) is 0.859. The minimum Gasteiger partial charge on any atom is -0.496 e. The van der Waals surface area contributed by atoms with Gasteiger partial charge in [-0.25, -0.2) is 4.39 Å². The summed E-state index contributed by atoms with van der Waals surface area (Å²) in [5.41, 5.74) is 6.57. The van der Waals surface area contributed by atoms with Gasteiger partial charge in [0.1, 0.15) is 17.1 Å². The summed E-state index contributed by atoms with van der Waals surface area (Å²) < 4.78 is 20.0. The predicted octanol–water partition coefficient (Wildman–Crippen LogP) is 3.35. The molecule has 23 heavy (non-hydrogen) atoms. The maximum absolute atomic E-state index is 14.8. The van der Waals surface area contributed by atoms with Crippen molar-refractivity contribution in [3.63, 3.8) is 0 Å². The van der Waals surface area contributed by atoms with Crippen molar-refractivity contribution in [2.24, 2.45) is 5.73 Å². The van der Waals surface area contributed by atoms with Crippen molar-refractivity contribution in [2.75, 3.05) is 7.11 Å². The Hall–Kier alpha value is -2.71. The molecule has 0 amide bonds. The van der Waals surface area contributed by atoms with Crippen LogP contribution in [0.1, 0.15) is 46.4 Å². The molecule has 0 bridgehead atoms. The molecule has 2 aromatic rings. The van der Waals surface area contributed by atoms with E-state index in [-0.39, 0.29) is 22.4 Å². The fourth-order valence-corrected chi connectivity index (χ4v) is 2.34. The molecule has 4 nitrogen and oxygen atoms in total. The van der Waals surface area contributed by atoms with E-state index >= 15 is 0 Å². The molecule has 0 spiro atoms. The van der Waals surface area contributed by atoms with Gasteiger partial charge >= 0.3 is 0 Å². The number of halogens is 1. The number of hydrogen-bond acceptors (Lipinski definition) is 4. The van der Waals surface area contributed by atoms with Crippen molar-refractivity contribution in [2.45, 2.75) is 19.4 Å². The van der Waals surface area contributed by atoms with Gasteiger partial charge in [-0.1, -0.05) is 25.1 Å². The van der Waals surface area contributed by atoms with E-state index in [1.807, 2.05) is 13.0 Å². The average molecular weight is 312 g/mol. The molecule has 0 radical (unpaired) electrons. The first kappa shape index (κ1) is 16.7. The van der Waals surface area contributed by atoms with Crippen LogP contribution in [0.2, 0.25) is 0 Å². The molecule has 0 saturated heterocycles. The molecule has 0 unspecified atom stereocenters. The van der Waals surface area contributed by atoms with E-state index in [9.17, 15) is 9.18 Å². The maximum Gasteiger partial charge on any atom is 0.199 e. The molecule has 5 heteroatoms. The molecule has 0 fully saturated rings.